The number of benzene rings is 4. The van der Waals surface area contributed by atoms with Gasteiger partial charge in [-0.2, -0.15) is 0 Å². The summed E-state index contributed by atoms with van der Waals surface area (Å²) < 4.78 is 0. The zero-order chi connectivity index (χ0) is 37.5. The number of aryl methyl sites for hydroxylation is 1. The van der Waals surface area contributed by atoms with Gasteiger partial charge in [-0.1, -0.05) is 66.7 Å². The molecule has 4 aromatic rings. The van der Waals surface area contributed by atoms with Crippen molar-refractivity contribution in [2.24, 2.45) is 5.92 Å². The number of carbonyl (C=O) groups is 2. The van der Waals surface area contributed by atoms with Crippen molar-refractivity contribution in [3.05, 3.63) is 137 Å². The maximum Gasteiger partial charge on any atom is 0.255 e. The molecule has 5 aliphatic rings. The maximum atomic E-state index is 13.4. The molecule has 0 spiro atoms. The van der Waals surface area contributed by atoms with Gasteiger partial charge in [0, 0.05) is 75.1 Å². The van der Waals surface area contributed by atoms with E-state index in [0.717, 1.165) is 93.4 Å². The SMILES string of the molecule is C=C1CCC(N2Cc3ccc(N4CCN(CCC5CCN(c6ccc([C@H]7c8ccc(O)cc8CC[C@H]7c7ccccc7)cc6)CC5)CC4)cc3C2=O)C(=O)C1. The fourth-order valence-corrected chi connectivity index (χ4v) is 10.3. The molecule has 3 heterocycles. The van der Waals surface area contributed by atoms with E-state index in [2.05, 4.69) is 100 Å². The molecule has 0 radical (unpaired) electrons. The molecule has 3 fully saturated rings. The lowest BCUT2D eigenvalue weighted by molar-refractivity contribution is -0.124. The highest BCUT2D eigenvalue weighted by atomic mass is 16.3. The first-order valence-corrected chi connectivity index (χ1v) is 20.7. The van der Waals surface area contributed by atoms with Crippen LogP contribution in [0.25, 0.3) is 0 Å². The molecule has 1 saturated carbocycles. The summed E-state index contributed by atoms with van der Waals surface area (Å²) in [5.74, 6) is 1.95. The molecule has 0 bridgehead atoms. The van der Waals surface area contributed by atoms with Crippen LogP contribution in [0.15, 0.2) is 103 Å². The highest BCUT2D eigenvalue weighted by Crippen LogP contribution is 2.47. The van der Waals surface area contributed by atoms with Crippen molar-refractivity contribution in [3.8, 4) is 5.75 Å². The van der Waals surface area contributed by atoms with E-state index in [1.807, 2.05) is 12.1 Å². The highest BCUT2D eigenvalue weighted by molar-refractivity contribution is 6.02. The summed E-state index contributed by atoms with van der Waals surface area (Å²) in [6, 6.07) is 32.4. The minimum Gasteiger partial charge on any atom is -0.508 e. The molecule has 2 aliphatic carbocycles. The average molecular weight is 735 g/mol. The number of hydrogen-bond donors (Lipinski definition) is 1. The van der Waals surface area contributed by atoms with Crippen LogP contribution in [0.4, 0.5) is 11.4 Å². The van der Waals surface area contributed by atoms with Crippen molar-refractivity contribution in [1.29, 1.82) is 0 Å². The average Bonchev–Trinajstić information content (AvgIpc) is 3.55. The number of Topliss-reactive ketones (excluding diaryl/α,β-unsaturated/α-hetero) is 1. The predicted octanol–water partition coefficient (Wildman–Crippen LogP) is 8.32. The first-order valence-electron chi connectivity index (χ1n) is 20.7. The summed E-state index contributed by atoms with van der Waals surface area (Å²) in [5.41, 5.74) is 10.6. The van der Waals surface area contributed by atoms with E-state index >= 15 is 0 Å². The van der Waals surface area contributed by atoms with E-state index in [0.29, 0.717) is 31.1 Å². The summed E-state index contributed by atoms with van der Waals surface area (Å²) >= 11 is 0. The van der Waals surface area contributed by atoms with Crippen LogP contribution < -0.4 is 9.80 Å². The van der Waals surface area contributed by atoms with Crippen LogP contribution in [0.2, 0.25) is 0 Å². The number of nitrogens with zero attached hydrogens (tertiary/aromatic N) is 4. The molecule has 3 atom stereocenters. The molecule has 0 aromatic heterocycles. The molecule has 7 nitrogen and oxygen atoms in total. The number of fused-ring (bicyclic) bond motifs is 2. The number of amides is 1. The number of allylic oxidation sites excluding steroid dienone is 1. The van der Waals surface area contributed by atoms with Crippen molar-refractivity contribution < 1.29 is 14.7 Å². The molecule has 2 saturated heterocycles. The Morgan fingerprint density at radius 2 is 1.44 bits per heavy atom. The Morgan fingerprint density at radius 3 is 2.20 bits per heavy atom. The molecule has 1 unspecified atom stereocenters. The number of phenolic OH excluding ortho intramolecular Hbond substituents is 1. The van der Waals surface area contributed by atoms with Crippen molar-refractivity contribution in [2.45, 2.75) is 75.8 Å². The van der Waals surface area contributed by atoms with Gasteiger partial charge in [-0.15, -0.1) is 0 Å². The minimum absolute atomic E-state index is 0.00884. The number of piperidine rings is 1. The van der Waals surface area contributed by atoms with E-state index < -0.39 is 0 Å². The van der Waals surface area contributed by atoms with E-state index in [-0.39, 0.29) is 23.7 Å². The Morgan fingerprint density at radius 1 is 0.691 bits per heavy atom. The van der Waals surface area contributed by atoms with Gasteiger partial charge in [0.25, 0.3) is 5.91 Å². The Kier molecular flexibility index (Phi) is 9.98. The number of piperazine rings is 1. The normalized spacial score (nSPS) is 23.6. The lowest BCUT2D eigenvalue weighted by atomic mass is 9.69. The van der Waals surface area contributed by atoms with Crippen molar-refractivity contribution in [3.63, 3.8) is 0 Å². The second-order valence-corrected chi connectivity index (χ2v) is 16.8. The Balaban J connectivity index is 0.757. The fraction of sp³-hybridized carbons (Fsp3) is 0.417. The molecule has 284 valence electrons. The second-order valence-electron chi connectivity index (χ2n) is 16.8. The molecule has 7 heteroatoms. The van der Waals surface area contributed by atoms with Crippen LogP contribution in [-0.4, -0.2) is 78.5 Å². The predicted molar refractivity (Wildman–Crippen MR) is 220 cm³/mol. The van der Waals surface area contributed by atoms with Crippen LogP contribution in [0.5, 0.6) is 5.75 Å². The summed E-state index contributed by atoms with van der Waals surface area (Å²) in [6.07, 6.45) is 7.70. The monoisotopic (exact) mass is 734 g/mol. The number of carbonyl (C=O) groups excluding carboxylic acids is 2. The van der Waals surface area contributed by atoms with Crippen LogP contribution in [0, 0.1) is 5.92 Å². The van der Waals surface area contributed by atoms with Gasteiger partial charge >= 0.3 is 0 Å². The zero-order valence-electron chi connectivity index (χ0n) is 32.0. The fourth-order valence-electron chi connectivity index (χ4n) is 10.3. The lowest BCUT2D eigenvalue weighted by Gasteiger charge is -2.38. The van der Waals surface area contributed by atoms with Gasteiger partial charge in [0.1, 0.15) is 5.75 Å². The van der Waals surface area contributed by atoms with Crippen molar-refractivity contribution >= 4 is 23.1 Å². The van der Waals surface area contributed by atoms with E-state index in [9.17, 15) is 14.7 Å². The third kappa shape index (κ3) is 7.31. The quantitative estimate of drug-likeness (QED) is 0.184. The topological polar surface area (TPSA) is 67.3 Å². The lowest BCUT2D eigenvalue weighted by Crippen LogP contribution is -2.47. The minimum atomic E-state index is -0.312. The first-order chi connectivity index (χ1) is 26.9. The van der Waals surface area contributed by atoms with Crippen LogP contribution in [0.1, 0.15) is 95.0 Å². The standard InChI is InChI=1S/C48H54N4O3/c1-33-7-18-45(46(54)29-33)52-32-38-10-14-40(31-44(38)48(52)55)51-27-25-49(26-28-51)22-19-34-20-23-50(24-21-34)39-12-8-36(9-13-39)47-42(35-5-3-2-4-6-35)16-11-37-30-41(53)15-17-43(37)47/h2-6,8-10,12-15,17,30-31,34,42,45,47,53H,1,7,11,16,18-29,32H2/t42-,45?,47+/m0/s1. The van der Waals surface area contributed by atoms with Crippen LogP contribution in [-0.2, 0) is 17.8 Å². The van der Waals surface area contributed by atoms with Gasteiger partial charge in [-0.05, 0) is 128 Å². The molecule has 9 rings (SSSR count). The van der Waals surface area contributed by atoms with Crippen LogP contribution in [0.3, 0.4) is 0 Å². The first kappa shape index (κ1) is 35.8. The number of aromatic hydroxyl groups is 1. The van der Waals surface area contributed by atoms with E-state index in [1.54, 1.807) is 4.90 Å². The van der Waals surface area contributed by atoms with Gasteiger partial charge in [0.15, 0.2) is 5.78 Å². The third-order valence-electron chi connectivity index (χ3n) is 13.5. The summed E-state index contributed by atoms with van der Waals surface area (Å²) in [7, 11) is 0. The molecule has 1 amide bonds. The van der Waals surface area contributed by atoms with Gasteiger partial charge < -0.3 is 19.8 Å². The van der Waals surface area contributed by atoms with Gasteiger partial charge in [0.2, 0.25) is 0 Å². The number of rotatable bonds is 8. The smallest absolute Gasteiger partial charge is 0.255 e. The Hall–Kier alpha value is -4.88. The van der Waals surface area contributed by atoms with E-state index in [4.69, 9.17) is 0 Å². The Labute approximate surface area is 326 Å². The largest absolute Gasteiger partial charge is 0.508 e. The molecule has 4 aromatic carbocycles. The molecular weight excluding hydrogens is 681 g/mol. The number of ketones is 1. The Bertz CT molecular complexity index is 2050. The van der Waals surface area contributed by atoms with Gasteiger partial charge in [-0.3, -0.25) is 14.5 Å². The third-order valence-corrected chi connectivity index (χ3v) is 13.5. The van der Waals surface area contributed by atoms with Gasteiger partial charge in [0.05, 0.1) is 6.04 Å². The highest BCUT2D eigenvalue weighted by Gasteiger charge is 2.38. The second kappa shape index (κ2) is 15.3. The molecule has 1 N–H and O–H groups in total. The number of phenols is 1. The summed E-state index contributed by atoms with van der Waals surface area (Å²) in [6.45, 7) is 11.9. The van der Waals surface area contributed by atoms with Crippen molar-refractivity contribution in [1.82, 2.24) is 9.80 Å². The number of hydrogen-bond acceptors (Lipinski definition) is 6. The molecular formula is C48H54N4O3. The summed E-state index contributed by atoms with van der Waals surface area (Å²) in [4.78, 5) is 35.6. The molecule has 3 aliphatic heterocycles. The number of anilines is 2. The van der Waals surface area contributed by atoms with E-state index in [1.165, 1.54) is 47.2 Å². The molecule has 55 heavy (non-hydrogen) atoms. The van der Waals surface area contributed by atoms with Gasteiger partial charge in [-0.25, -0.2) is 0 Å². The van der Waals surface area contributed by atoms with Crippen molar-refractivity contribution in [2.75, 3.05) is 55.6 Å². The maximum absolute atomic E-state index is 13.4. The summed E-state index contributed by atoms with van der Waals surface area (Å²) in [5, 5.41) is 10.2. The van der Waals surface area contributed by atoms with Crippen LogP contribution >= 0.6 is 0 Å². The zero-order valence-corrected chi connectivity index (χ0v) is 32.0.